The summed E-state index contributed by atoms with van der Waals surface area (Å²) in [6.45, 7) is 7.37. The summed E-state index contributed by atoms with van der Waals surface area (Å²) in [5, 5.41) is 5.69. The molecule has 2 aromatic rings. The largest absolute Gasteiger partial charge is 0.360 e. The first-order valence-electron chi connectivity index (χ1n) is 7.04. The van der Waals surface area contributed by atoms with Crippen molar-refractivity contribution in [2.75, 3.05) is 5.32 Å². The van der Waals surface area contributed by atoms with Gasteiger partial charge in [0.15, 0.2) is 5.82 Å². The number of benzene rings is 1. The third-order valence-electron chi connectivity index (χ3n) is 3.45. The van der Waals surface area contributed by atoms with E-state index in [0.717, 1.165) is 16.7 Å². The summed E-state index contributed by atoms with van der Waals surface area (Å²) in [7, 11) is -1.30. The minimum Gasteiger partial charge on any atom is -0.360 e. The molecule has 0 bridgehead atoms. The molecule has 0 radical (unpaired) electrons. The van der Waals surface area contributed by atoms with Gasteiger partial charge in [0.1, 0.15) is 11.0 Å². The minimum atomic E-state index is -1.30. The number of carbonyl (C=O) groups is 1. The van der Waals surface area contributed by atoms with Crippen molar-refractivity contribution in [3.8, 4) is 0 Å². The normalized spacial score (nSPS) is 13.6. The predicted molar refractivity (Wildman–Crippen MR) is 87.1 cm³/mol. The molecule has 6 heteroatoms. The maximum absolute atomic E-state index is 12.4. The third kappa shape index (κ3) is 4.04. The molecule has 1 N–H and O–H groups in total. The lowest BCUT2D eigenvalue weighted by atomic mass is 10.1. The molecule has 0 saturated carbocycles. The fraction of sp³-hybridized carbons (Fsp3) is 0.375. The predicted octanol–water partition coefficient (Wildman–Crippen LogP) is 2.88. The van der Waals surface area contributed by atoms with Gasteiger partial charge in [0.2, 0.25) is 5.91 Å². The second-order valence-corrected chi connectivity index (χ2v) is 7.17. The minimum absolute atomic E-state index is 0.322. The Morgan fingerprint density at radius 1 is 1.32 bits per heavy atom. The van der Waals surface area contributed by atoms with Gasteiger partial charge in [-0.2, -0.15) is 0 Å². The van der Waals surface area contributed by atoms with Crippen LogP contribution in [-0.4, -0.2) is 20.5 Å². The maximum atomic E-state index is 12.4. The van der Waals surface area contributed by atoms with E-state index in [2.05, 4.69) is 10.5 Å². The van der Waals surface area contributed by atoms with Crippen molar-refractivity contribution in [3.05, 3.63) is 46.7 Å². The van der Waals surface area contributed by atoms with Gasteiger partial charge < -0.3 is 9.84 Å². The van der Waals surface area contributed by atoms with Crippen LogP contribution in [-0.2, 0) is 21.3 Å². The number of hydrogen-bond acceptors (Lipinski definition) is 4. The number of nitrogens with zero attached hydrogens (tertiary/aromatic N) is 1. The van der Waals surface area contributed by atoms with Crippen LogP contribution in [0.5, 0.6) is 0 Å². The van der Waals surface area contributed by atoms with Crippen LogP contribution in [0.15, 0.2) is 28.8 Å². The fourth-order valence-corrected chi connectivity index (χ4v) is 3.17. The van der Waals surface area contributed by atoms with Crippen molar-refractivity contribution >= 4 is 22.5 Å². The Morgan fingerprint density at radius 3 is 2.68 bits per heavy atom. The molecule has 0 aliphatic heterocycles. The number of hydrogen-bond donors (Lipinski definition) is 1. The van der Waals surface area contributed by atoms with Gasteiger partial charge >= 0.3 is 0 Å². The maximum Gasteiger partial charge on any atom is 0.241 e. The third-order valence-corrected chi connectivity index (χ3v) is 5.04. The molecule has 118 valence electrons. The highest BCUT2D eigenvalue weighted by Crippen LogP contribution is 2.16. The zero-order valence-electron chi connectivity index (χ0n) is 13.2. The monoisotopic (exact) mass is 320 g/mol. The molecule has 1 aromatic heterocycles. The molecule has 2 atom stereocenters. The number of aryl methyl sites for hydroxylation is 3. The first kappa shape index (κ1) is 16.4. The molecule has 0 spiro atoms. The van der Waals surface area contributed by atoms with Crippen molar-refractivity contribution in [1.82, 2.24) is 5.16 Å². The van der Waals surface area contributed by atoms with E-state index in [0.29, 0.717) is 17.3 Å². The van der Waals surface area contributed by atoms with Crippen molar-refractivity contribution < 1.29 is 13.5 Å². The molecule has 0 aliphatic carbocycles. The highest BCUT2D eigenvalue weighted by Gasteiger charge is 2.21. The van der Waals surface area contributed by atoms with Crippen molar-refractivity contribution in [1.29, 1.82) is 0 Å². The van der Waals surface area contributed by atoms with Crippen LogP contribution in [0, 0.1) is 20.8 Å². The Morgan fingerprint density at radius 2 is 2.05 bits per heavy atom. The fourth-order valence-electron chi connectivity index (χ4n) is 2.01. The van der Waals surface area contributed by atoms with E-state index in [-0.39, 0.29) is 5.91 Å². The van der Waals surface area contributed by atoms with Crippen LogP contribution in [0.1, 0.15) is 29.4 Å². The molecule has 2 rings (SSSR count). The van der Waals surface area contributed by atoms with Gasteiger partial charge in [-0.3, -0.25) is 9.00 Å². The Bertz CT molecular complexity index is 709. The van der Waals surface area contributed by atoms with Gasteiger partial charge in [0.05, 0.1) is 0 Å². The number of nitrogens with one attached hydrogen (secondary N) is 1. The number of aromatic nitrogens is 1. The molecule has 2 unspecified atom stereocenters. The average molecular weight is 320 g/mol. The molecular weight excluding hydrogens is 300 g/mol. The Kier molecular flexibility index (Phi) is 5.13. The van der Waals surface area contributed by atoms with E-state index >= 15 is 0 Å². The summed E-state index contributed by atoms with van der Waals surface area (Å²) in [4.78, 5) is 12.1. The van der Waals surface area contributed by atoms with E-state index in [9.17, 15) is 9.00 Å². The summed E-state index contributed by atoms with van der Waals surface area (Å²) >= 11 is 0. The van der Waals surface area contributed by atoms with Crippen molar-refractivity contribution in [2.45, 2.75) is 38.7 Å². The summed E-state index contributed by atoms with van der Waals surface area (Å²) in [6, 6.07) is 7.66. The van der Waals surface area contributed by atoms with Crippen LogP contribution in [0.25, 0.3) is 0 Å². The van der Waals surface area contributed by atoms with Gasteiger partial charge in [-0.05, 0) is 38.8 Å². The van der Waals surface area contributed by atoms with E-state index in [1.807, 2.05) is 32.0 Å². The highest BCUT2D eigenvalue weighted by atomic mass is 32.2. The topological polar surface area (TPSA) is 72.2 Å². The molecule has 5 nitrogen and oxygen atoms in total. The average Bonchev–Trinajstić information content (AvgIpc) is 2.87. The summed E-state index contributed by atoms with van der Waals surface area (Å²) in [6.07, 6.45) is 0. The van der Waals surface area contributed by atoms with Gasteiger partial charge in [0.25, 0.3) is 0 Å². The number of carbonyl (C=O) groups excluding carboxylic acids is 1. The standard InChI is InChI=1S/C16H20N2O3S/c1-10-5-6-11(2)14(7-10)9-22(20)13(4)16(19)17-15-8-12(3)21-18-15/h5-8,13H,9H2,1-4H3,(H,17,18,19). The van der Waals surface area contributed by atoms with Crippen molar-refractivity contribution in [2.24, 2.45) is 0 Å². The summed E-state index contributed by atoms with van der Waals surface area (Å²) < 4.78 is 17.3. The first-order chi connectivity index (χ1) is 10.4. The van der Waals surface area contributed by atoms with Crippen LogP contribution in [0.4, 0.5) is 5.82 Å². The van der Waals surface area contributed by atoms with E-state index in [1.165, 1.54) is 0 Å². The van der Waals surface area contributed by atoms with Gasteiger partial charge in [-0.15, -0.1) is 0 Å². The van der Waals surface area contributed by atoms with Crippen LogP contribution >= 0.6 is 0 Å². The zero-order chi connectivity index (χ0) is 16.3. The highest BCUT2D eigenvalue weighted by molar-refractivity contribution is 7.85. The summed E-state index contributed by atoms with van der Waals surface area (Å²) in [5.74, 6) is 0.995. The first-order valence-corrected chi connectivity index (χ1v) is 8.42. The quantitative estimate of drug-likeness (QED) is 0.919. The smallest absolute Gasteiger partial charge is 0.241 e. The van der Waals surface area contributed by atoms with Crippen LogP contribution in [0.3, 0.4) is 0 Å². The molecule has 0 fully saturated rings. The molecule has 0 saturated heterocycles. The Labute approximate surface area is 132 Å². The molecule has 0 aliphatic rings. The molecule has 22 heavy (non-hydrogen) atoms. The lowest BCUT2D eigenvalue weighted by molar-refractivity contribution is -0.115. The lowest BCUT2D eigenvalue weighted by Gasteiger charge is -2.12. The molecular formula is C16H20N2O3S. The number of anilines is 1. The van der Waals surface area contributed by atoms with Crippen LogP contribution in [0.2, 0.25) is 0 Å². The zero-order valence-corrected chi connectivity index (χ0v) is 14.0. The SMILES string of the molecule is Cc1ccc(C)c(CS(=O)C(C)C(=O)Nc2cc(C)on2)c1. The van der Waals surface area contributed by atoms with Gasteiger partial charge in [-0.25, -0.2) is 0 Å². The second-order valence-electron chi connectivity index (χ2n) is 5.41. The van der Waals surface area contributed by atoms with Crippen LogP contribution < -0.4 is 5.32 Å². The molecule has 1 aromatic carbocycles. The molecule has 1 heterocycles. The lowest BCUT2D eigenvalue weighted by Crippen LogP contribution is -2.30. The molecule has 1 amide bonds. The number of amides is 1. The van der Waals surface area contributed by atoms with Gasteiger partial charge in [0, 0.05) is 22.6 Å². The van der Waals surface area contributed by atoms with Crippen molar-refractivity contribution in [3.63, 3.8) is 0 Å². The Hall–Kier alpha value is -1.95. The van der Waals surface area contributed by atoms with E-state index < -0.39 is 16.0 Å². The Balaban J connectivity index is 2.02. The van der Waals surface area contributed by atoms with Gasteiger partial charge in [-0.1, -0.05) is 28.9 Å². The van der Waals surface area contributed by atoms with E-state index in [1.54, 1.807) is 19.9 Å². The summed E-state index contributed by atoms with van der Waals surface area (Å²) in [5.41, 5.74) is 3.21. The second kappa shape index (κ2) is 6.87. The number of rotatable bonds is 5. The van der Waals surface area contributed by atoms with E-state index in [4.69, 9.17) is 4.52 Å².